The standard InChI is InChI=1S/C19H20N2O5S/c1-26-17-6-4-3-5-16(17)21-12-13(11-18(21)22)19(23)20-14-7-9-15(10-8-14)27(2,24)25/h3-10,13H,11-12H2,1-2H3,(H,20,23). The summed E-state index contributed by atoms with van der Waals surface area (Å²) >= 11 is 0. The van der Waals surface area contributed by atoms with Gasteiger partial charge in [-0.2, -0.15) is 0 Å². The molecule has 0 spiro atoms. The average molecular weight is 388 g/mol. The summed E-state index contributed by atoms with van der Waals surface area (Å²) in [5, 5.41) is 2.74. The topological polar surface area (TPSA) is 92.8 Å². The number of para-hydroxylation sites is 2. The van der Waals surface area contributed by atoms with Gasteiger partial charge in [-0.05, 0) is 36.4 Å². The summed E-state index contributed by atoms with van der Waals surface area (Å²) < 4.78 is 28.3. The van der Waals surface area contributed by atoms with Gasteiger partial charge in [0.25, 0.3) is 0 Å². The van der Waals surface area contributed by atoms with Gasteiger partial charge in [-0.15, -0.1) is 0 Å². The van der Waals surface area contributed by atoms with Crippen molar-refractivity contribution in [1.29, 1.82) is 0 Å². The monoisotopic (exact) mass is 388 g/mol. The molecule has 2 aromatic carbocycles. The predicted molar refractivity (Wildman–Crippen MR) is 102 cm³/mol. The highest BCUT2D eigenvalue weighted by Gasteiger charge is 2.36. The van der Waals surface area contributed by atoms with Crippen molar-refractivity contribution in [2.24, 2.45) is 5.92 Å². The average Bonchev–Trinajstić information content (AvgIpc) is 3.03. The number of hydrogen-bond acceptors (Lipinski definition) is 5. The highest BCUT2D eigenvalue weighted by atomic mass is 32.2. The first kappa shape index (κ1) is 18.9. The second-order valence-corrected chi connectivity index (χ2v) is 8.38. The third-order valence-corrected chi connectivity index (χ3v) is 5.55. The maximum atomic E-state index is 12.5. The van der Waals surface area contributed by atoms with Crippen molar-refractivity contribution >= 4 is 33.0 Å². The van der Waals surface area contributed by atoms with Crippen LogP contribution in [0.1, 0.15) is 6.42 Å². The Labute approximate surface area is 157 Å². The van der Waals surface area contributed by atoms with Crippen molar-refractivity contribution in [3.05, 3.63) is 48.5 Å². The lowest BCUT2D eigenvalue weighted by atomic mass is 10.1. The zero-order chi connectivity index (χ0) is 19.6. The van der Waals surface area contributed by atoms with Crippen LogP contribution in [0, 0.1) is 5.92 Å². The minimum absolute atomic E-state index is 0.102. The zero-order valence-corrected chi connectivity index (χ0v) is 15.8. The zero-order valence-electron chi connectivity index (χ0n) is 15.0. The Hall–Kier alpha value is -2.87. The van der Waals surface area contributed by atoms with Crippen molar-refractivity contribution < 1.29 is 22.7 Å². The van der Waals surface area contributed by atoms with Crippen molar-refractivity contribution in [2.45, 2.75) is 11.3 Å². The minimum Gasteiger partial charge on any atom is -0.495 e. The van der Waals surface area contributed by atoms with Gasteiger partial charge >= 0.3 is 0 Å². The number of rotatable bonds is 5. The summed E-state index contributed by atoms with van der Waals surface area (Å²) in [5.41, 5.74) is 1.12. The molecular formula is C19H20N2O5S. The molecule has 7 nitrogen and oxygen atoms in total. The molecule has 0 bridgehead atoms. The molecule has 2 aromatic rings. The summed E-state index contributed by atoms with van der Waals surface area (Å²) in [5.74, 6) is -0.361. The van der Waals surface area contributed by atoms with Crippen LogP contribution < -0.4 is 15.0 Å². The van der Waals surface area contributed by atoms with E-state index in [1.165, 1.54) is 31.4 Å². The number of nitrogens with one attached hydrogen (secondary N) is 1. The molecule has 0 aliphatic carbocycles. The smallest absolute Gasteiger partial charge is 0.229 e. The lowest BCUT2D eigenvalue weighted by Crippen LogP contribution is -2.28. The van der Waals surface area contributed by atoms with E-state index in [1.807, 2.05) is 12.1 Å². The first-order chi connectivity index (χ1) is 12.8. The molecule has 0 aromatic heterocycles. The lowest BCUT2D eigenvalue weighted by molar-refractivity contribution is -0.122. The molecule has 0 radical (unpaired) electrons. The van der Waals surface area contributed by atoms with E-state index in [2.05, 4.69) is 5.32 Å². The molecule has 1 N–H and O–H groups in total. The van der Waals surface area contributed by atoms with Gasteiger partial charge in [-0.1, -0.05) is 12.1 Å². The fourth-order valence-corrected chi connectivity index (χ4v) is 3.63. The van der Waals surface area contributed by atoms with Crippen molar-refractivity contribution in [1.82, 2.24) is 0 Å². The molecule has 3 rings (SSSR count). The van der Waals surface area contributed by atoms with Crippen LogP contribution in [0.2, 0.25) is 0 Å². The molecule has 2 amide bonds. The normalized spacial score (nSPS) is 17.0. The van der Waals surface area contributed by atoms with Crippen LogP contribution >= 0.6 is 0 Å². The van der Waals surface area contributed by atoms with E-state index in [9.17, 15) is 18.0 Å². The van der Waals surface area contributed by atoms with Gasteiger partial charge in [-0.25, -0.2) is 8.42 Å². The van der Waals surface area contributed by atoms with Crippen LogP contribution in [0.25, 0.3) is 0 Å². The second kappa shape index (κ2) is 7.40. The molecule has 1 fully saturated rings. The molecule has 1 unspecified atom stereocenters. The van der Waals surface area contributed by atoms with Gasteiger partial charge in [0.15, 0.2) is 9.84 Å². The molecule has 0 saturated carbocycles. The maximum Gasteiger partial charge on any atom is 0.229 e. The Balaban J connectivity index is 1.71. The van der Waals surface area contributed by atoms with E-state index in [0.29, 0.717) is 17.1 Å². The fourth-order valence-electron chi connectivity index (χ4n) is 3.00. The lowest BCUT2D eigenvalue weighted by Gasteiger charge is -2.19. The van der Waals surface area contributed by atoms with Crippen molar-refractivity contribution in [3.8, 4) is 5.75 Å². The van der Waals surface area contributed by atoms with Crippen LogP contribution in [0.15, 0.2) is 53.4 Å². The van der Waals surface area contributed by atoms with Gasteiger partial charge in [0, 0.05) is 24.9 Å². The van der Waals surface area contributed by atoms with Crippen LogP contribution in [0.5, 0.6) is 5.75 Å². The van der Waals surface area contributed by atoms with Crippen LogP contribution in [0.4, 0.5) is 11.4 Å². The third kappa shape index (κ3) is 4.11. The van der Waals surface area contributed by atoms with E-state index in [1.54, 1.807) is 17.0 Å². The highest BCUT2D eigenvalue weighted by Crippen LogP contribution is 2.33. The Morgan fingerprint density at radius 3 is 2.44 bits per heavy atom. The number of nitrogens with zero attached hydrogens (tertiary/aromatic N) is 1. The Morgan fingerprint density at radius 2 is 1.81 bits per heavy atom. The second-order valence-electron chi connectivity index (χ2n) is 6.36. The van der Waals surface area contributed by atoms with Crippen molar-refractivity contribution in [2.75, 3.05) is 30.1 Å². The molecule has 142 valence electrons. The molecule has 1 saturated heterocycles. The Bertz CT molecular complexity index is 970. The number of methoxy groups -OCH3 is 1. The minimum atomic E-state index is -3.29. The number of ether oxygens (including phenoxy) is 1. The van der Waals surface area contributed by atoms with E-state index in [-0.39, 0.29) is 29.7 Å². The van der Waals surface area contributed by atoms with Gasteiger partial charge < -0.3 is 15.0 Å². The summed E-state index contributed by atoms with van der Waals surface area (Å²) in [4.78, 5) is 26.7. The SMILES string of the molecule is COc1ccccc1N1CC(C(=O)Nc2ccc(S(C)(=O)=O)cc2)CC1=O. The number of carbonyl (C=O) groups excluding carboxylic acids is 2. The first-order valence-electron chi connectivity index (χ1n) is 8.34. The summed E-state index contributed by atoms with van der Waals surface area (Å²) in [7, 11) is -1.76. The predicted octanol–water partition coefficient (Wildman–Crippen LogP) is 2.09. The third-order valence-electron chi connectivity index (χ3n) is 4.42. The summed E-state index contributed by atoms with van der Waals surface area (Å²) in [6, 6.07) is 13.1. The van der Waals surface area contributed by atoms with Crippen LogP contribution in [0.3, 0.4) is 0 Å². The molecule has 1 atom stereocenters. The largest absolute Gasteiger partial charge is 0.495 e. The summed E-state index contributed by atoms with van der Waals surface area (Å²) in [6.45, 7) is 0.256. The fraction of sp³-hybridized carbons (Fsp3) is 0.263. The van der Waals surface area contributed by atoms with Gasteiger partial charge in [-0.3, -0.25) is 9.59 Å². The first-order valence-corrected chi connectivity index (χ1v) is 10.2. The van der Waals surface area contributed by atoms with E-state index in [4.69, 9.17) is 4.74 Å². The van der Waals surface area contributed by atoms with Crippen molar-refractivity contribution in [3.63, 3.8) is 0 Å². The van der Waals surface area contributed by atoms with Crippen LogP contribution in [-0.2, 0) is 19.4 Å². The highest BCUT2D eigenvalue weighted by molar-refractivity contribution is 7.90. The number of anilines is 2. The van der Waals surface area contributed by atoms with E-state index < -0.39 is 15.8 Å². The number of benzene rings is 2. The number of amides is 2. The molecule has 1 aliphatic rings. The number of sulfone groups is 1. The Kier molecular flexibility index (Phi) is 5.18. The van der Waals surface area contributed by atoms with Gasteiger partial charge in [0.1, 0.15) is 5.75 Å². The van der Waals surface area contributed by atoms with Gasteiger partial charge in [0.2, 0.25) is 11.8 Å². The Morgan fingerprint density at radius 1 is 1.15 bits per heavy atom. The molecule has 27 heavy (non-hydrogen) atoms. The summed E-state index contributed by atoms with van der Waals surface area (Å²) in [6.07, 6.45) is 1.22. The molecule has 8 heteroatoms. The van der Waals surface area contributed by atoms with E-state index >= 15 is 0 Å². The van der Waals surface area contributed by atoms with Gasteiger partial charge in [0.05, 0.1) is 23.6 Å². The molecular weight excluding hydrogens is 368 g/mol. The number of hydrogen-bond donors (Lipinski definition) is 1. The van der Waals surface area contributed by atoms with Crippen LogP contribution in [-0.4, -0.2) is 40.1 Å². The maximum absolute atomic E-state index is 12.5. The number of carbonyl (C=O) groups is 2. The molecule has 1 heterocycles. The van der Waals surface area contributed by atoms with E-state index in [0.717, 1.165) is 6.26 Å². The molecule has 1 aliphatic heterocycles. The quantitative estimate of drug-likeness (QED) is 0.847.